The van der Waals surface area contributed by atoms with E-state index >= 15 is 0 Å². The molecule has 0 N–H and O–H groups in total. The van der Waals surface area contributed by atoms with Crippen molar-refractivity contribution in [3.05, 3.63) is 53.7 Å². The maximum atomic E-state index is 13.2. The van der Waals surface area contributed by atoms with Gasteiger partial charge in [0, 0.05) is 18.7 Å². The molecule has 0 aliphatic heterocycles. The van der Waals surface area contributed by atoms with Crippen LogP contribution in [0.1, 0.15) is 47.6 Å². The highest BCUT2D eigenvalue weighted by atomic mass is 16.3. The van der Waals surface area contributed by atoms with E-state index in [1.807, 2.05) is 53.8 Å². The Labute approximate surface area is 147 Å². The number of rotatable bonds is 4. The summed E-state index contributed by atoms with van der Waals surface area (Å²) in [6.45, 7) is 2.50. The number of aryl methyl sites for hydroxylation is 2. The summed E-state index contributed by atoms with van der Waals surface area (Å²) in [5.74, 6) is 1.84. The fraction of sp³-hybridized carbons (Fsp3) is 0.400. The molecule has 2 heterocycles. The van der Waals surface area contributed by atoms with E-state index in [0.717, 1.165) is 35.5 Å². The van der Waals surface area contributed by atoms with E-state index in [0.29, 0.717) is 18.2 Å². The van der Waals surface area contributed by atoms with Crippen molar-refractivity contribution >= 4 is 16.9 Å². The Bertz CT molecular complexity index is 889. The lowest BCUT2D eigenvalue weighted by atomic mass is 10.1. The van der Waals surface area contributed by atoms with Gasteiger partial charge >= 0.3 is 0 Å². The van der Waals surface area contributed by atoms with Crippen LogP contribution in [-0.2, 0) is 13.6 Å². The third kappa shape index (κ3) is 2.95. The van der Waals surface area contributed by atoms with E-state index in [1.165, 1.54) is 12.8 Å². The molecular formula is C20H23N3O2. The maximum Gasteiger partial charge on any atom is 0.254 e. The fourth-order valence-corrected chi connectivity index (χ4v) is 3.77. The van der Waals surface area contributed by atoms with Crippen LogP contribution >= 0.6 is 0 Å². The minimum atomic E-state index is 0.0634. The van der Waals surface area contributed by atoms with Gasteiger partial charge in [-0.05, 0) is 50.1 Å². The van der Waals surface area contributed by atoms with E-state index in [4.69, 9.17) is 4.42 Å². The van der Waals surface area contributed by atoms with Crippen molar-refractivity contribution in [2.24, 2.45) is 7.05 Å². The van der Waals surface area contributed by atoms with Gasteiger partial charge in [0.05, 0.1) is 23.8 Å². The number of hydrogen-bond donors (Lipinski definition) is 0. The van der Waals surface area contributed by atoms with Crippen LogP contribution in [0, 0.1) is 6.92 Å². The first kappa shape index (κ1) is 15.9. The molecule has 4 rings (SSSR count). The van der Waals surface area contributed by atoms with Gasteiger partial charge in [0.25, 0.3) is 5.91 Å². The van der Waals surface area contributed by atoms with E-state index in [2.05, 4.69) is 4.98 Å². The Morgan fingerprint density at radius 2 is 2.12 bits per heavy atom. The summed E-state index contributed by atoms with van der Waals surface area (Å²) >= 11 is 0. The van der Waals surface area contributed by atoms with E-state index in [-0.39, 0.29) is 5.91 Å². The van der Waals surface area contributed by atoms with Crippen LogP contribution in [0.4, 0.5) is 0 Å². The van der Waals surface area contributed by atoms with Crippen LogP contribution < -0.4 is 0 Å². The van der Waals surface area contributed by atoms with Gasteiger partial charge in [0.15, 0.2) is 0 Å². The third-order valence-corrected chi connectivity index (χ3v) is 5.28. The van der Waals surface area contributed by atoms with Crippen molar-refractivity contribution in [1.82, 2.24) is 14.5 Å². The molecule has 5 heteroatoms. The number of hydrogen-bond acceptors (Lipinski definition) is 3. The first-order chi connectivity index (χ1) is 12.1. The minimum absolute atomic E-state index is 0.0634. The van der Waals surface area contributed by atoms with Gasteiger partial charge in [-0.15, -0.1) is 0 Å². The number of benzene rings is 1. The molecule has 0 atom stereocenters. The maximum absolute atomic E-state index is 13.2. The number of amides is 1. The molecule has 1 aliphatic carbocycles. The molecule has 1 saturated carbocycles. The molecule has 1 fully saturated rings. The number of carbonyl (C=O) groups excluding carboxylic acids is 1. The van der Waals surface area contributed by atoms with Gasteiger partial charge in [-0.3, -0.25) is 4.79 Å². The number of fused-ring (bicyclic) bond motifs is 1. The van der Waals surface area contributed by atoms with Crippen LogP contribution in [-0.4, -0.2) is 26.4 Å². The molecule has 1 amide bonds. The quantitative estimate of drug-likeness (QED) is 0.721. The third-order valence-electron chi connectivity index (χ3n) is 5.28. The molecule has 0 radical (unpaired) electrons. The monoisotopic (exact) mass is 337 g/mol. The van der Waals surface area contributed by atoms with Crippen molar-refractivity contribution in [1.29, 1.82) is 0 Å². The first-order valence-electron chi connectivity index (χ1n) is 8.90. The summed E-state index contributed by atoms with van der Waals surface area (Å²) in [7, 11) is 1.99. The normalized spacial score (nSPS) is 15.1. The lowest BCUT2D eigenvalue weighted by molar-refractivity contribution is 0.0649. The Kier molecular flexibility index (Phi) is 4.07. The highest BCUT2D eigenvalue weighted by Gasteiger charge is 2.28. The standard InChI is InChI=1S/C20H23N3O2/c1-14-21-18-12-15(9-10-19(18)22(14)2)20(24)23(16-6-3-4-7-16)13-17-8-5-11-25-17/h5,8-12,16H,3-4,6-7,13H2,1-2H3. The number of furan rings is 1. The second-order valence-corrected chi connectivity index (χ2v) is 6.87. The summed E-state index contributed by atoms with van der Waals surface area (Å²) < 4.78 is 7.53. The van der Waals surface area contributed by atoms with Gasteiger partial charge in [0.1, 0.15) is 11.6 Å². The topological polar surface area (TPSA) is 51.3 Å². The average molecular weight is 337 g/mol. The van der Waals surface area contributed by atoms with Crippen LogP contribution in [0.2, 0.25) is 0 Å². The number of aromatic nitrogens is 2. The fourth-order valence-electron chi connectivity index (χ4n) is 3.77. The lowest BCUT2D eigenvalue weighted by Gasteiger charge is -2.28. The predicted octanol–water partition coefficient (Wildman–Crippen LogP) is 4.06. The van der Waals surface area contributed by atoms with Crippen LogP contribution in [0.3, 0.4) is 0 Å². The highest BCUT2D eigenvalue weighted by Crippen LogP contribution is 2.27. The van der Waals surface area contributed by atoms with Gasteiger partial charge in [-0.25, -0.2) is 4.98 Å². The van der Waals surface area contributed by atoms with Crippen molar-refractivity contribution in [3.63, 3.8) is 0 Å². The Balaban J connectivity index is 1.67. The zero-order chi connectivity index (χ0) is 17.4. The van der Waals surface area contributed by atoms with E-state index < -0.39 is 0 Å². The van der Waals surface area contributed by atoms with Gasteiger partial charge in [-0.2, -0.15) is 0 Å². The molecule has 0 saturated heterocycles. The van der Waals surface area contributed by atoms with Crippen molar-refractivity contribution < 1.29 is 9.21 Å². The summed E-state index contributed by atoms with van der Waals surface area (Å²) in [5, 5.41) is 0. The summed E-state index contributed by atoms with van der Waals surface area (Å²) in [4.78, 5) is 19.8. The lowest BCUT2D eigenvalue weighted by Crippen LogP contribution is -2.38. The highest BCUT2D eigenvalue weighted by molar-refractivity contribution is 5.97. The Morgan fingerprint density at radius 1 is 1.32 bits per heavy atom. The molecule has 25 heavy (non-hydrogen) atoms. The molecule has 0 unspecified atom stereocenters. The largest absolute Gasteiger partial charge is 0.467 e. The molecule has 3 aromatic rings. The smallest absolute Gasteiger partial charge is 0.254 e. The molecule has 0 bridgehead atoms. The summed E-state index contributed by atoms with van der Waals surface area (Å²) in [6.07, 6.45) is 6.17. The van der Waals surface area contributed by atoms with Gasteiger partial charge < -0.3 is 13.9 Å². The van der Waals surface area contributed by atoms with Crippen molar-refractivity contribution in [2.45, 2.75) is 45.2 Å². The van der Waals surface area contributed by atoms with Gasteiger partial charge in [-0.1, -0.05) is 12.8 Å². The molecular weight excluding hydrogens is 314 g/mol. The molecule has 130 valence electrons. The minimum Gasteiger partial charge on any atom is -0.467 e. The molecule has 1 aromatic carbocycles. The van der Waals surface area contributed by atoms with Crippen LogP contribution in [0.15, 0.2) is 41.0 Å². The number of imidazole rings is 1. The van der Waals surface area contributed by atoms with Crippen molar-refractivity contribution in [3.8, 4) is 0 Å². The molecule has 5 nitrogen and oxygen atoms in total. The van der Waals surface area contributed by atoms with Crippen LogP contribution in [0.5, 0.6) is 0 Å². The van der Waals surface area contributed by atoms with Gasteiger partial charge in [0.2, 0.25) is 0 Å². The zero-order valence-electron chi connectivity index (χ0n) is 14.7. The zero-order valence-corrected chi connectivity index (χ0v) is 14.7. The molecule has 2 aromatic heterocycles. The molecule has 0 spiro atoms. The number of carbonyl (C=O) groups is 1. The first-order valence-corrected chi connectivity index (χ1v) is 8.90. The predicted molar refractivity (Wildman–Crippen MR) is 96.3 cm³/mol. The summed E-state index contributed by atoms with van der Waals surface area (Å²) in [6, 6.07) is 9.90. The SMILES string of the molecule is Cc1nc2cc(C(=O)N(Cc3ccco3)C3CCCC3)ccc2n1C. The van der Waals surface area contributed by atoms with Crippen molar-refractivity contribution in [2.75, 3.05) is 0 Å². The average Bonchev–Trinajstić information content (AvgIpc) is 3.35. The Morgan fingerprint density at radius 3 is 2.84 bits per heavy atom. The second-order valence-electron chi connectivity index (χ2n) is 6.87. The van der Waals surface area contributed by atoms with Crippen LogP contribution in [0.25, 0.3) is 11.0 Å². The second kappa shape index (κ2) is 6.39. The molecule has 1 aliphatic rings. The summed E-state index contributed by atoms with van der Waals surface area (Å²) in [5.41, 5.74) is 2.62. The number of nitrogens with zero attached hydrogens (tertiary/aromatic N) is 3. The van der Waals surface area contributed by atoms with E-state index in [9.17, 15) is 4.79 Å². The Hall–Kier alpha value is -2.56. The van der Waals surface area contributed by atoms with E-state index in [1.54, 1.807) is 6.26 Å².